The lowest BCUT2D eigenvalue weighted by Crippen LogP contribution is -2.14. The highest BCUT2D eigenvalue weighted by Gasteiger charge is 2.12. The molecular formula is C15H12N2O4S. The van der Waals surface area contributed by atoms with Crippen molar-refractivity contribution in [2.45, 2.75) is 4.90 Å². The van der Waals surface area contributed by atoms with Gasteiger partial charge in [0.15, 0.2) is 0 Å². The van der Waals surface area contributed by atoms with E-state index in [0.717, 1.165) is 5.56 Å². The minimum Gasteiger partial charge on any atom is -0.290 e. The first kappa shape index (κ1) is 14.3. The van der Waals surface area contributed by atoms with Crippen molar-refractivity contribution in [3.8, 4) is 16.9 Å². The third-order valence-corrected chi connectivity index (χ3v) is 4.03. The van der Waals surface area contributed by atoms with Crippen molar-refractivity contribution >= 4 is 10.1 Å². The van der Waals surface area contributed by atoms with Gasteiger partial charge in [-0.15, -0.1) is 0 Å². The molecule has 0 aliphatic heterocycles. The number of aromatic nitrogens is 2. The fraction of sp³-hybridized carbons (Fsp3) is 0. The maximum atomic E-state index is 12.1. The van der Waals surface area contributed by atoms with Crippen molar-refractivity contribution in [2.75, 3.05) is 0 Å². The zero-order chi connectivity index (χ0) is 15.7. The quantitative estimate of drug-likeness (QED) is 0.724. The Hall–Kier alpha value is -2.64. The summed E-state index contributed by atoms with van der Waals surface area (Å²) in [5.41, 5.74) is 1.45. The second-order valence-corrected chi connectivity index (χ2v) is 6.10. The first-order valence-corrected chi connectivity index (χ1v) is 7.84. The average molecular weight is 316 g/mol. The van der Waals surface area contributed by atoms with E-state index in [4.69, 9.17) is 4.55 Å². The van der Waals surface area contributed by atoms with Crippen molar-refractivity contribution in [3.05, 3.63) is 71.0 Å². The molecule has 0 saturated heterocycles. The summed E-state index contributed by atoms with van der Waals surface area (Å²) in [5, 5.41) is 2.92. The van der Waals surface area contributed by atoms with E-state index in [2.05, 4.69) is 5.10 Å². The van der Waals surface area contributed by atoms with E-state index in [-0.39, 0.29) is 10.5 Å². The molecule has 6 nitrogen and oxygen atoms in total. The minimum atomic E-state index is -4.32. The van der Waals surface area contributed by atoms with E-state index < -0.39 is 10.1 Å². The van der Waals surface area contributed by atoms with Crippen molar-refractivity contribution < 1.29 is 13.0 Å². The molecule has 0 aliphatic rings. The molecule has 1 heterocycles. The van der Waals surface area contributed by atoms with Crippen molar-refractivity contribution in [2.24, 2.45) is 0 Å². The molecule has 0 aliphatic carbocycles. The van der Waals surface area contributed by atoms with Crippen LogP contribution in [-0.2, 0) is 10.1 Å². The van der Waals surface area contributed by atoms with Crippen LogP contribution in [0.5, 0.6) is 0 Å². The van der Waals surface area contributed by atoms with Gasteiger partial charge >= 0.3 is 0 Å². The van der Waals surface area contributed by atoms with Crippen molar-refractivity contribution in [3.63, 3.8) is 0 Å². The minimum absolute atomic E-state index is 0.271. The highest BCUT2D eigenvalue weighted by atomic mass is 32.2. The van der Waals surface area contributed by atoms with E-state index in [9.17, 15) is 13.2 Å². The molecular weight excluding hydrogens is 304 g/mol. The third kappa shape index (κ3) is 2.72. The molecule has 2 aromatic carbocycles. The molecule has 0 bridgehead atoms. The van der Waals surface area contributed by atoms with Crippen LogP contribution in [0.1, 0.15) is 0 Å². The highest BCUT2D eigenvalue weighted by molar-refractivity contribution is 7.85. The van der Waals surface area contributed by atoms with Gasteiger partial charge in [0.1, 0.15) is 0 Å². The first-order chi connectivity index (χ1) is 10.4. The molecule has 0 amide bonds. The largest absolute Gasteiger partial charge is 0.294 e. The summed E-state index contributed by atoms with van der Waals surface area (Å²) in [6, 6.07) is 16.2. The van der Waals surface area contributed by atoms with Gasteiger partial charge in [0, 0.05) is 6.07 Å². The SMILES string of the molecule is O=c1cc(-c2ccccc2)[nH]n1-c1cccc(S(=O)(=O)O)c1. The van der Waals surface area contributed by atoms with Gasteiger partial charge in [-0.25, -0.2) is 4.68 Å². The Bertz CT molecular complexity index is 972. The zero-order valence-electron chi connectivity index (χ0n) is 11.3. The molecule has 1 aromatic heterocycles. The summed E-state index contributed by atoms with van der Waals surface area (Å²) in [5.74, 6) is 0. The fourth-order valence-corrected chi connectivity index (χ4v) is 2.66. The van der Waals surface area contributed by atoms with Crippen LogP contribution in [0.4, 0.5) is 0 Å². The van der Waals surface area contributed by atoms with Gasteiger partial charge in [0.2, 0.25) is 0 Å². The fourth-order valence-electron chi connectivity index (χ4n) is 2.14. The first-order valence-electron chi connectivity index (χ1n) is 6.40. The van der Waals surface area contributed by atoms with E-state index in [1.165, 1.54) is 28.9 Å². The van der Waals surface area contributed by atoms with Crippen LogP contribution < -0.4 is 5.56 Å². The average Bonchev–Trinajstić information content (AvgIpc) is 2.89. The van der Waals surface area contributed by atoms with E-state index in [1.807, 2.05) is 30.3 Å². The van der Waals surface area contributed by atoms with Gasteiger partial charge in [-0.2, -0.15) is 8.42 Å². The van der Waals surface area contributed by atoms with Crippen LogP contribution in [0.2, 0.25) is 0 Å². The van der Waals surface area contributed by atoms with Crippen molar-refractivity contribution in [1.82, 2.24) is 9.78 Å². The normalized spacial score (nSPS) is 11.5. The lowest BCUT2D eigenvalue weighted by Gasteiger charge is -2.04. The van der Waals surface area contributed by atoms with E-state index in [1.54, 1.807) is 6.07 Å². The summed E-state index contributed by atoms with van der Waals surface area (Å²) in [6.45, 7) is 0. The molecule has 2 N–H and O–H groups in total. The second-order valence-electron chi connectivity index (χ2n) is 4.68. The summed E-state index contributed by atoms with van der Waals surface area (Å²) in [6.07, 6.45) is 0. The number of H-pyrrole nitrogens is 1. The number of hydrogen-bond acceptors (Lipinski definition) is 3. The number of nitrogens with one attached hydrogen (secondary N) is 1. The molecule has 0 saturated carbocycles. The maximum absolute atomic E-state index is 12.1. The smallest absolute Gasteiger partial charge is 0.290 e. The highest BCUT2D eigenvalue weighted by Crippen LogP contribution is 2.17. The van der Waals surface area contributed by atoms with Crippen LogP contribution in [0.25, 0.3) is 16.9 Å². The van der Waals surface area contributed by atoms with Gasteiger partial charge in [-0.05, 0) is 23.8 Å². The van der Waals surface area contributed by atoms with Crippen LogP contribution in [-0.4, -0.2) is 22.8 Å². The predicted octanol–water partition coefficient (Wildman–Crippen LogP) is 2.08. The molecule has 112 valence electrons. The molecule has 0 fully saturated rings. The lowest BCUT2D eigenvalue weighted by atomic mass is 10.2. The standard InChI is InChI=1S/C15H12N2O4S/c18-15-10-14(11-5-2-1-3-6-11)16-17(15)12-7-4-8-13(9-12)22(19,20)21/h1-10,16H,(H,19,20,21). The molecule has 22 heavy (non-hydrogen) atoms. The summed E-state index contributed by atoms with van der Waals surface area (Å²) < 4.78 is 32.7. The van der Waals surface area contributed by atoms with E-state index >= 15 is 0 Å². The van der Waals surface area contributed by atoms with Crippen LogP contribution in [0.15, 0.2) is 70.4 Å². The molecule has 3 rings (SSSR count). The zero-order valence-corrected chi connectivity index (χ0v) is 12.1. The Morgan fingerprint density at radius 2 is 1.68 bits per heavy atom. The number of nitrogens with zero attached hydrogens (tertiary/aromatic N) is 1. The molecule has 0 spiro atoms. The van der Waals surface area contributed by atoms with Gasteiger partial charge in [-0.1, -0.05) is 36.4 Å². The van der Waals surface area contributed by atoms with Crippen LogP contribution in [0.3, 0.4) is 0 Å². The van der Waals surface area contributed by atoms with Gasteiger partial charge < -0.3 is 0 Å². The molecule has 0 atom stereocenters. The Morgan fingerprint density at radius 1 is 0.955 bits per heavy atom. The topological polar surface area (TPSA) is 92.2 Å². The maximum Gasteiger partial charge on any atom is 0.294 e. The summed E-state index contributed by atoms with van der Waals surface area (Å²) in [4.78, 5) is 11.8. The number of rotatable bonds is 3. The summed E-state index contributed by atoms with van der Waals surface area (Å²) >= 11 is 0. The molecule has 3 aromatic rings. The third-order valence-electron chi connectivity index (χ3n) is 3.18. The number of hydrogen-bond donors (Lipinski definition) is 2. The molecule has 0 radical (unpaired) electrons. The molecule has 7 heteroatoms. The summed E-state index contributed by atoms with van der Waals surface area (Å²) in [7, 11) is -4.32. The van der Waals surface area contributed by atoms with E-state index in [0.29, 0.717) is 11.4 Å². The number of aromatic amines is 1. The Balaban J connectivity index is 2.11. The van der Waals surface area contributed by atoms with Crippen LogP contribution in [0, 0.1) is 0 Å². The Morgan fingerprint density at radius 3 is 2.36 bits per heavy atom. The van der Waals surface area contributed by atoms with Gasteiger partial charge in [0.05, 0.1) is 16.3 Å². The lowest BCUT2D eigenvalue weighted by molar-refractivity contribution is 0.483. The van der Waals surface area contributed by atoms with Crippen LogP contribution >= 0.6 is 0 Å². The van der Waals surface area contributed by atoms with Crippen molar-refractivity contribution in [1.29, 1.82) is 0 Å². The monoisotopic (exact) mass is 316 g/mol. The molecule has 0 unspecified atom stereocenters. The number of benzene rings is 2. The second kappa shape index (κ2) is 5.28. The Kier molecular flexibility index (Phi) is 3.44. The van der Waals surface area contributed by atoms with Gasteiger partial charge in [0.25, 0.3) is 15.7 Å². The predicted molar refractivity (Wildman–Crippen MR) is 81.6 cm³/mol. The van der Waals surface area contributed by atoms with Gasteiger partial charge in [-0.3, -0.25) is 14.4 Å². The Labute approximate surface area is 126 Å².